The lowest BCUT2D eigenvalue weighted by Crippen LogP contribution is -2.06. The molecule has 0 fully saturated rings. The summed E-state index contributed by atoms with van der Waals surface area (Å²) in [5.74, 6) is -0.872. The van der Waals surface area contributed by atoms with Crippen LogP contribution in [0.3, 0.4) is 0 Å². The number of aromatic carboxylic acids is 1. The van der Waals surface area contributed by atoms with Gasteiger partial charge in [0, 0.05) is 4.47 Å². The molecule has 1 aromatic carbocycles. The number of carboxylic acids is 1. The molecular formula is C12H9BrClN3O2. The van der Waals surface area contributed by atoms with E-state index in [4.69, 9.17) is 22.4 Å². The van der Waals surface area contributed by atoms with E-state index < -0.39 is 5.97 Å². The lowest BCUT2D eigenvalue weighted by atomic mass is 10.3. The van der Waals surface area contributed by atoms with E-state index in [1.54, 1.807) is 18.2 Å². The minimum Gasteiger partial charge on any atom is -0.477 e. The first-order chi connectivity index (χ1) is 8.97. The Bertz CT molecular complexity index is 649. The summed E-state index contributed by atoms with van der Waals surface area (Å²) in [5.41, 5.74) is 6.57. The molecule has 0 saturated carbocycles. The fourth-order valence-corrected chi connectivity index (χ4v) is 1.94. The van der Waals surface area contributed by atoms with Crippen LogP contribution in [-0.2, 0) is 0 Å². The quantitative estimate of drug-likeness (QED) is 0.794. The molecule has 5 nitrogen and oxygen atoms in total. The fraction of sp³-hybridized carbons (Fsp3) is 0. The van der Waals surface area contributed by atoms with E-state index in [-0.39, 0.29) is 11.5 Å². The lowest BCUT2D eigenvalue weighted by Gasteiger charge is -2.10. The number of carboxylic acid groups (broad SMARTS) is 1. The minimum atomic E-state index is -1.12. The van der Waals surface area contributed by atoms with Gasteiger partial charge < -0.3 is 16.2 Å². The second kappa shape index (κ2) is 5.46. The highest BCUT2D eigenvalue weighted by atomic mass is 79.9. The minimum absolute atomic E-state index is 0.0946. The number of nitrogens with one attached hydrogen (secondary N) is 1. The Morgan fingerprint density at radius 2 is 2.11 bits per heavy atom. The summed E-state index contributed by atoms with van der Waals surface area (Å²) in [4.78, 5) is 14.8. The van der Waals surface area contributed by atoms with E-state index in [0.29, 0.717) is 16.4 Å². The van der Waals surface area contributed by atoms with Gasteiger partial charge in [0.2, 0.25) is 0 Å². The third-order valence-corrected chi connectivity index (χ3v) is 3.15. The number of rotatable bonds is 3. The molecule has 0 unspecified atom stereocenters. The summed E-state index contributed by atoms with van der Waals surface area (Å²) in [7, 11) is 0. The van der Waals surface area contributed by atoms with Gasteiger partial charge >= 0.3 is 5.97 Å². The third kappa shape index (κ3) is 3.15. The van der Waals surface area contributed by atoms with Crippen LogP contribution in [0.1, 0.15) is 10.5 Å². The van der Waals surface area contributed by atoms with Gasteiger partial charge in [0.25, 0.3) is 0 Å². The highest BCUT2D eigenvalue weighted by Crippen LogP contribution is 2.29. The molecule has 7 heteroatoms. The molecule has 1 heterocycles. The Kier molecular flexibility index (Phi) is 3.92. The summed E-state index contributed by atoms with van der Waals surface area (Å²) in [5, 5.41) is 12.3. The predicted molar refractivity (Wildman–Crippen MR) is 78.0 cm³/mol. The zero-order valence-electron chi connectivity index (χ0n) is 9.52. The zero-order chi connectivity index (χ0) is 14.0. The SMILES string of the molecule is Nc1ccc(C(=O)O)nc1Nc1cc(Br)ccc1Cl. The standard InChI is InChI=1S/C12H9BrClN3O2/c13-6-1-2-7(14)10(5-6)17-11-8(15)3-4-9(16-11)12(18)19/h1-5H,15H2,(H,16,17)(H,18,19). The van der Waals surface area contributed by atoms with E-state index in [1.807, 2.05) is 0 Å². The molecule has 0 radical (unpaired) electrons. The molecule has 4 N–H and O–H groups in total. The highest BCUT2D eigenvalue weighted by molar-refractivity contribution is 9.10. The van der Waals surface area contributed by atoms with Crippen LogP contribution in [0.25, 0.3) is 0 Å². The van der Waals surface area contributed by atoms with Crippen LogP contribution < -0.4 is 11.1 Å². The molecule has 2 aromatic rings. The van der Waals surface area contributed by atoms with Crippen molar-refractivity contribution in [2.24, 2.45) is 0 Å². The Morgan fingerprint density at radius 3 is 2.79 bits per heavy atom. The molecule has 19 heavy (non-hydrogen) atoms. The van der Waals surface area contributed by atoms with Crippen molar-refractivity contribution in [3.8, 4) is 0 Å². The molecule has 0 spiro atoms. The van der Waals surface area contributed by atoms with Crippen molar-refractivity contribution in [1.29, 1.82) is 0 Å². The van der Waals surface area contributed by atoms with Crippen LogP contribution in [0, 0.1) is 0 Å². The number of hydrogen-bond acceptors (Lipinski definition) is 4. The first kappa shape index (κ1) is 13.6. The van der Waals surface area contributed by atoms with Crippen LogP contribution in [0.2, 0.25) is 5.02 Å². The first-order valence-corrected chi connectivity index (χ1v) is 6.36. The second-order valence-corrected chi connectivity index (χ2v) is 5.01. The van der Waals surface area contributed by atoms with Gasteiger partial charge in [-0.25, -0.2) is 9.78 Å². The molecule has 98 valence electrons. The lowest BCUT2D eigenvalue weighted by molar-refractivity contribution is 0.0690. The molecule has 1 aromatic heterocycles. The van der Waals surface area contributed by atoms with Gasteiger partial charge in [-0.15, -0.1) is 0 Å². The maximum absolute atomic E-state index is 10.9. The van der Waals surface area contributed by atoms with Crippen LogP contribution >= 0.6 is 27.5 Å². The van der Waals surface area contributed by atoms with Gasteiger partial charge in [0.15, 0.2) is 11.5 Å². The second-order valence-electron chi connectivity index (χ2n) is 3.69. The van der Waals surface area contributed by atoms with Gasteiger partial charge in [-0.05, 0) is 30.3 Å². The average molecular weight is 343 g/mol. The number of benzene rings is 1. The first-order valence-electron chi connectivity index (χ1n) is 5.19. The van der Waals surface area contributed by atoms with Crippen LogP contribution in [0.4, 0.5) is 17.2 Å². The fourth-order valence-electron chi connectivity index (χ4n) is 1.41. The van der Waals surface area contributed by atoms with E-state index in [1.165, 1.54) is 12.1 Å². The number of aromatic nitrogens is 1. The Morgan fingerprint density at radius 1 is 1.37 bits per heavy atom. The predicted octanol–water partition coefficient (Wildman–Crippen LogP) is 3.52. The van der Waals surface area contributed by atoms with Crippen molar-refractivity contribution in [3.63, 3.8) is 0 Å². The van der Waals surface area contributed by atoms with E-state index in [2.05, 4.69) is 26.2 Å². The van der Waals surface area contributed by atoms with Crippen molar-refractivity contribution in [1.82, 2.24) is 4.98 Å². The van der Waals surface area contributed by atoms with Gasteiger partial charge in [-0.3, -0.25) is 0 Å². The molecule has 0 amide bonds. The molecule has 0 aliphatic heterocycles. The Labute approximate surface area is 122 Å². The van der Waals surface area contributed by atoms with Crippen molar-refractivity contribution in [2.45, 2.75) is 0 Å². The van der Waals surface area contributed by atoms with Gasteiger partial charge in [-0.2, -0.15) is 0 Å². The summed E-state index contributed by atoms with van der Waals surface area (Å²) >= 11 is 9.35. The van der Waals surface area contributed by atoms with Gasteiger partial charge in [0.1, 0.15) is 0 Å². The average Bonchev–Trinajstić information content (AvgIpc) is 2.36. The topological polar surface area (TPSA) is 88.2 Å². The Hall–Kier alpha value is -1.79. The monoisotopic (exact) mass is 341 g/mol. The van der Waals surface area contributed by atoms with Crippen molar-refractivity contribution >= 4 is 50.7 Å². The smallest absolute Gasteiger partial charge is 0.354 e. The summed E-state index contributed by atoms with van der Waals surface area (Å²) in [6.07, 6.45) is 0. The van der Waals surface area contributed by atoms with E-state index >= 15 is 0 Å². The van der Waals surface area contributed by atoms with Crippen LogP contribution in [0.15, 0.2) is 34.8 Å². The summed E-state index contributed by atoms with van der Waals surface area (Å²) in [6, 6.07) is 8.05. The number of carbonyl (C=O) groups is 1. The number of pyridine rings is 1. The number of halogens is 2. The number of anilines is 3. The maximum atomic E-state index is 10.9. The summed E-state index contributed by atoms with van der Waals surface area (Å²) in [6.45, 7) is 0. The molecule has 2 rings (SSSR count). The molecule has 0 bridgehead atoms. The van der Waals surface area contributed by atoms with Gasteiger partial charge in [-0.1, -0.05) is 27.5 Å². The Balaban J connectivity index is 2.40. The maximum Gasteiger partial charge on any atom is 0.354 e. The van der Waals surface area contributed by atoms with Crippen molar-refractivity contribution in [2.75, 3.05) is 11.1 Å². The molecular weight excluding hydrogens is 334 g/mol. The zero-order valence-corrected chi connectivity index (χ0v) is 11.9. The summed E-state index contributed by atoms with van der Waals surface area (Å²) < 4.78 is 0.826. The van der Waals surface area contributed by atoms with E-state index in [9.17, 15) is 4.79 Å². The van der Waals surface area contributed by atoms with Crippen molar-refractivity contribution < 1.29 is 9.90 Å². The normalized spacial score (nSPS) is 10.2. The van der Waals surface area contributed by atoms with E-state index in [0.717, 1.165) is 4.47 Å². The number of nitrogens with two attached hydrogens (primary N) is 1. The van der Waals surface area contributed by atoms with Crippen LogP contribution in [-0.4, -0.2) is 16.1 Å². The number of nitrogen functional groups attached to an aromatic ring is 1. The number of hydrogen-bond donors (Lipinski definition) is 3. The molecule has 0 atom stereocenters. The highest BCUT2D eigenvalue weighted by Gasteiger charge is 2.10. The van der Waals surface area contributed by atoms with Gasteiger partial charge in [0.05, 0.1) is 16.4 Å². The number of nitrogens with zero attached hydrogens (tertiary/aromatic N) is 1. The van der Waals surface area contributed by atoms with Crippen LogP contribution in [0.5, 0.6) is 0 Å². The third-order valence-electron chi connectivity index (χ3n) is 2.33. The van der Waals surface area contributed by atoms with Crippen molar-refractivity contribution in [3.05, 3.63) is 45.5 Å². The molecule has 0 aliphatic carbocycles. The molecule has 0 aliphatic rings. The largest absolute Gasteiger partial charge is 0.477 e. The molecule has 0 saturated heterocycles.